The van der Waals surface area contributed by atoms with E-state index in [1.54, 1.807) is 43.3 Å². The number of pyridine rings is 1. The molecule has 0 aliphatic carbocycles. The molecule has 23 heavy (non-hydrogen) atoms. The molecule has 0 radical (unpaired) electrons. The summed E-state index contributed by atoms with van der Waals surface area (Å²) in [5, 5.41) is 24.1. The molecule has 0 aliphatic rings. The van der Waals surface area contributed by atoms with Gasteiger partial charge >= 0.3 is 0 Å². The van der Waals surface area contributed by atoms with E-state index in [-0.39, 0.29) is 6.54 Å². The first kappa shape index (κ1) is 15.3. The van der Waals surface area contributed by atoms with Crippen molar-refractivity contribution >= 4 is 28.3 Å². The Morgan fingerprint density at radius 1 is 1.39 bits per heavy atom. The maximum atomic E-state index is 10.4. The molecule has 2 aromatic heterocycles. The highest BCUT2D eigenvalue weighted by molar-refractivity contribution is 6.31. The zero-order chi connectivity index (χ0) is 16.4. The fraction of sp³-hybridized carbons (Fsp3) is 0.176. The lowest BCUT2D eigenvalue weighted by Crippen LogP contribution is -2.30. The van der Waals surface area contributed by atoms with Gasteiger partial charge in [0.1, 0.15) is 17.2 Å². The molecule has 0 bridgehead atoms. The van der Waals surface area contributed by atoms with E-state index in [0.717, 1.165) is 0 Å². The van der Waals surface area contributed by atoms with Gasteiger partial charge in [-0.05, 0) is 43.3 Å². The average molecular weight is 328 g/mol. The van der Waals surface area contributed by atoms with Crippen LogP contribution in [-0.4, -0.2) is 16.6 Å². The van der Waals surface area contributed by atoms with Crippen molar-refractivity contribution < 1.29 is 9.52 Å². The monoisotopic (exact) mass is 327 g/mol. The molecule has 1 atom stereocenters. The smallest absolute Gasteiger partial charge is 0.136 e. The van der Waals surface area contributed by atoms with Gasteiger partial charge in [0, 0.05) is 10.4 Å². The van der Waals surface area contributed by atoms with Gasteiger partial charge in [-0.25, -0.2) is 4.98 Å². The van der Waals surface area contributed by atoms with Crippen molar-refractivity contribution in [2.75, 3.05) is 11.9 Å². The molecule has 6 heteroatoms. The van der Waals surface area contributed by atoms with Crippen molar-refractivity contribution in [3.8, 4) is 6.07 Å². The number of nitrogens with one attached hydrogen (secondary N) is 1. The highest BCUT2D eigenvalue weighted by Gasteiger charge is 2.26. The summed E-state index contributed by atoms with van der Waals surface area (Å²) in [7, 11) is 0. The minimum Gasteiger partial charge on any atom is -0.466 e. The van der Waals surface area contributed by atoms with Crippen LogP contribution in [0.1, 0.15) is 18.2 Å². The second-order valence-corrected chi connectivity index (χ2v) is 5.87. The molecular formula is C17H14ClN3O2. The summed E-state index contributed by atoms with van der Waals surface area (Å²) in [6.07, 6.45) is 1.51. The van der Waals surface area contributed by atoms with E-state index in [0.29, 0.717) is 33.1 Å². The summed E-state index contributed by atoms with van der Waals surface area (Å²) in [6.45, 7) is 1.84. The summed E-state index contributed by atoms with van der Waals surface area (Å²) in [5.41, 5.74) is -0.0568. The first-order valence-corrected chi connectivity index (χ1v) is 7.38. The number of nitriles is 1. The van der Waals surface area contributed by atoms with Crippen LogP contribution in [0.25, 0.3) is 10.9 Å². The van der Waals surface area contributed by atoms with E-state index < -0.39 is 5.60 Å². The number of nitrogens with zero attached hydrogens (tertiary/aromatic N) is 2. The van der Waals surface area contributed by atoms with Crippen molar-refractivity contribution in [1.29, 1.82) is 5.26 Å². The summed E-state index contributed by atoms with van der Waals surface area (Å²) >= 11 is 5.97. The maximum absolute atomic E-state index is 10.4. The molecule has 0 amide bonds. The van der Waals surface area contributed by atoms with Crippen LogP contribution >= 0.6 is 11.6 Å². The second kappa shape index (κ2) is 5.92. The number of hydrogen-bond acceptors (Lipinski definition) is 5. The normalized spacial score (nSPS) is 13.5. The van der Waals surface area contributed by atoms with Crippen molar-refractivity contribution in [3.63, 3.8) is 0 Å². The van der Waals surface area contributed by atoms with Crippen LogP contribution in [0, 0.1) is 11.3 Å². The number of hydrogen-bond donors (Lipinski definition) is 2. The van der Waals surface area contributed by atoms with Crippen LogP contribution in [0.15, 0.2) is 47.1 Å². The van der Waals surface area contributed by atoms with Crippen LogP contribution in [0.3, 0.4) is 0 Å². The van der Waals surface area contributed by atoms with E-state index in [2.05, 4.69) is 16.4 Å². The quantitative estimate of drug-likeness (QED) is 0.764. The minimum atomic E-state index is -1.19. The fourth-order valence-corrected chi connectivity index (χ4v) is 2.49. The Kier molecular flexibility index (Phi) is 3.95. The standard InChI is InChI=1S/C17H14ClN3O2/c1-17(22,15-3-2-6-23-15)10-20-16-7-11(9-19)13-8-12(18)4-5-14(13)21-16/h2-8,22H,10H2,1H3,(H,20,21). The topological polar surface area (TPSA) is 82.1 Å². The molecule has 116 valence electrons. The maximum Gasteiger partial charge on any atom is 0.136 e. The SMILES string of the molecule is CC(O)(CNc1cc(C#N)c2cc(Cl)ccc2n1)c1ccco1. The number of aromatic nitrogens is 1. The van der Waals surface area contributed by atoms with Gasteiger partial charge < -0.3 is 14.8 Å². The predicted molar refractivity (Wildman–Crippen MR) is 88.2 cm³/mol. The van der Waals surface area contributed by atoms with E-state index >= 15 is 0 Å². The number of fused-ring (bicyclic) bond motifs is 1. The van der Waals surface area contributed by atoms with Gasteiger partial charge in [0.25, 0.3) is 0 Å². The second-order valence-electron chi connectivity index (χ2n) is 5.43. The lowest BCUT2D eigenvalue weighted by atomic mass is 10.0. The molecule has 2 N–H and O–H groups in total. The Morgan fingerprint density at radius 3 is 2.91 bits per heavy atom. The fourth-order valence-electron chi connectivity index (χ4n) is 2.32. The molecule has 3 aromatic rings. The van der Waals surface area contributed by atoms with Crippen molar-refractivity contribution in [2.24, 2.45) is 0 Å². The van der Waals surface area contributed by atoms with Crippen molar-refractivity contribution in [3.05, 3.63) is 59.0 Å². The molecule has 0 aliphatic heterocycles. The lowest BCUT2D eigenvalue weighted by molar-refractivity contribution is 0.0476. The van der Waals surface area contributed by atoms with E-state index in [4.69, 9.17) is 16.0 Å². The predicted octanol–water partition coefficient (Wildman–Crippen LogP) is 3.67. The largest absolute Gasteiger partial charge is 0.466 e. The van der Waals surface area contributed by atoms with Crippen molar-refractivity contribution in [2.45, 2.75) is 12.5 Å². The number of furan rings is 1. The summed E-state index contributed by atoms with van der Waals surface area (Å²) < 4.78 is 5.24. The van der Waals surface area contributed by atoms with Gasteiger partial charge in [-0.2, -0.15) is 5.26 Å². The zero-order valence-electron chi connectivity index (χ0n) is 12.4. The molecular weight excluding hydrogens is 314 g/mol. The van der Waals surface area contributed by atoms with Gasteiger partial charge in [0.15, 0.2) is 0 Å². The molecule has 0 fully saturated rings. The number of benzene rings is 1. The van der Waals surface area contributed by atoms with Crippen LogP contribution in [0.2, 0.25) is 5.02 Å². The van der Waals surface area contributed by atoms with E-state index in [1.807, 2.05) is 0 Å². The summed E-state index contributed by atoms with van der Waals surface area (Å²) in [4.78, 5) is 4.45. The van der Waals surface area contributed by atoms with Crippen LogP contribution < -0.4 is 5.32 Å². The number of anilines is 1. The van der Waals surface area contributed by atoms with Gasteiger partial charge in [0.05, 0.1) is 30.0 Å². The average Bonchev–Trinajstić information content (AvgIpc) is 3.08. The lowest BCUT2D eigenvalue weighted by Gasteiger charge is -2.21. The minimum absolute atomic E-state index is 0.192. The first-order chi connectivity index (χ1) is 11.0. The van der Waals surface area contributed by atoms with Gasteiger partial charge in [0.2, 0.25) is 0 Å². The molecule has 0 spiro atoms. The van der Waals surface area contributed by atoms with E-state index in [1.165, 1.54) is 6.26 Å². The van der Waals surface area contributed by atoms with Gasteiger partial charge in [-0.1, -0.05) is 11.6 Å². The van der Waals surface area contributed by atoms with E-state index in [9.17, 15) is 10.4 Å². The molecule has 0 saturated carbocycles. The van der Waals surface area contributed by atoms with Gasteiger partial charge in [-0.15, -0.1) is 0 Å². The Balaban J connectivity index is 1.89. The van der Waals surface area contributed by atoms with Crippen LogP contribution in [0.4, 0.5) is 5.82 Å². The van der Waals surface area contributed by atoms with Crippen molar-refractivity contribution in [1.82, 2.24) is 4.98 Å². The number of halogens is 1. The molecule has 2 heterocycles. The Labute approximate surface area is 138 Å². The Morgan fingerprint density at radius 2 is 2.22 bits per heavy atom. The summed E-state index contributed by atoms with van der Waals surface area (Å²) in [6, 6.07) is 12.4. The molecule has 1 unspecified atom stereocenters. The first-order valence-electron chi connectivity index (χ1n) is 7.00. The zero-order valence-corrected chi connectivity index (χ0v) is 13.1. The Bertz CT molecular complexity index is 883. The molecule has 0 saturated heterocycles. The number of rotatable bonds is 4. The third-order valence-electron chi connectivity index (χ3n) is 3.56. The van der Waals surface area contributed by atoms with Gasteiger partial charge in [-0.3, -0.25) is 0 Å². The molecule has 1 aromatic carbocycles. The molecule has 5 nitrogen and oxygen atoms in total. The molecule has 3 rings (SSSR count). The van der Waals surface area contributed by atoms with Crippen LogP contribution in [0.5, 0.6) is 0 Å². The summed E-state index contributed by atoms with van der Waals surface area (Å²) in [5.74, 6) is 0.960. The van der Waals surface area contributed by atoms with Crippen LogP contribution in [-0.2, 0) is 5.60 Å². The highest BCUT2D eigenvalue weighted by atomic mass is 35.5. The Hall–Kier alpha value is -2.55. The number of aliphatic hydroxyl groups is 1. The highest BCUT2D eigenvalue weighted by Crippen LogP contribution is 2.25. The third-order valence-corrected chi connectivity index (χ3v) is 3.79. The third kappa shape index (κ3) is 3.14.